The molecule has 190 valence electrons. The van der Waals surface area contributed by atoms with E-state index in [0.29, 0.717) is 5.56 Å². The van der Waals surface area contributed by atoms with E-state index < -0.39 is 0 Å². The SMILES string of the molecule is CCCC[N+](CCCC)(CCCC)CCCCCCCC/C=C/c1cc(O)c(C)c(C)c1O. The molecule has 0 bridgehead atoms. The van der Waals surface area contributed by atoms with Crippen molar-refractivity contribution in [3.63, 3.8) is 0 Å². The number of rotatable bonds is 19. The minimum atomic E-state index is 0.256. The standard InChI is InChI=1S/C30H53NO2/c1-6-9-21-31(22-10-7-2,23-11-8-3)24-19-17-15-13-12-14-16-18-20-28-25-29(32)26(4)27(5)30(28)33/h18,20,25H,6-17,19,21-24H2,1-5H3,(H-,32,33)/p+1/b20-18+. The van der Waals surface area contributed by atoms with Gasteiger partial charge in [-0.2, -0.15) is 0 Å². The number of nitrogens with zero attached hydrogens (tertiary/aromatic N) is 1. The number of quaternary nitrogens is 1. The highest BCUT2D eigenvalue weighted by molar-refractivity contribution is 5.64. The quantitative estimate of drug-likeness (QED) is 0.123. The molecule has 0 aliphatic heterocycles. The third-order valence-electron chi connectivity index (χ3n) is 7.38. The van der Waals surface area contributed by atoms with Crippen LogP contribution in [-0.4, -0.2) is 40.9 Å². The van der Waals surface area contributed by atoms with E-state index in [2.05, 4.69) is 26.8 Å². The lowest BCUT2D eigenvalue weighted by molar-refractivity contribution is -0.929. The molecule has 0 amide bonds. The number of phenols is 2. The summed E-state index contributed by atoms with van der Waals surface area (Å²) in [5.74, 6) is 0.541. The Hall–Kier alpha value is -1.48. The molecule has 0 aliphatic rings. The molecule has 0 aromatic heterocycles. The van der Waals surface area contributed by atoms with Crippen molar-refractivity contribution in [2.75, 3.05) is 26.2 Å². The number of benzene rings is 1. The molecule has 1 aromatic rings. The van der Waals surface area contributed by atoms with Crippen LogP contribution >= 0.6 is 0 Å². The highest BCUT2D eigenvalue weighted by Gasteiger charge is 2.25. The summed E-state index contributed by atoms with van der Waals surface area (Å²) in [5, 5.41) is 20.2. The first-order valence-electron chi connectivity index (χ1n) is 13.9. The smallest absolute Gasteiger partial charge is 0.126 e. The monoisotopic (exact) mass is 460 g/mol. The van der Waals surface area contributed by atoms with Gasteiger partial charge in [-0.15, -0.1) is 0 Å². The first-order valence-corrected chi connectivity index (χ1v) is 13.9. The second-order valence-corrected chi connectivity index (χ2v) is 10.2. The molecule has 3 heteroatoms. The molecule has 1 rings (SSSR count). The number of phenolic OH excluding ortho intramolecular Hbond substituents is 2. The molecule has 0 saturated carbocycles. The van der Waals surface area contributed by atoms with Crippen molar-refractivity contribution < 1.29 is 14.7 Å². The van der Waals surface area contributed by atoms with Crippen molar-refractivity contribution in [3.05, 3.63) is 28.8 Å². The Labute approximate surface area is 205 Å². The van der Waals surface area contributed by atoms with E-state index in [1.807, 2.05) is 19.9 Å². The van der Waals surface area contributed by atoms with Crippen LogP contribution in [0.1, 0.15) is 121 Å². The van der Waals surface area contributed by atoms with Crippen LogP contribution in [0.3, 0.4) is 0 Å². The van der Waals surface area contributed by atoms with Crippen molar-refractivity contribution >= 4 is 6.08 Å². The van der Waals surface area contributed by atoms with Crippen LogP contribution in [0.5, 0.6) is 11.5 Å². The number of hydrogen-bond donors (Lipinski definition) is 2. The van der Waals surface area contributed by atoms with Crippen LogP contribution in [0.15, 0.2) is 12.1 Å². The fourth-order valence-corrected chi connectivity index (χ4v) is 4.82. The summed E-state index contributed by atoms with van der Waals surface area (Å²) in [6, 6.07) is 1.66. The fraction of sp³-hybridized carbons (Fsp3) is 0.733. The van der Waals surface area contributed by atoms with E-state index in [-0.39, 0.29) is 11.5 Å². The molecule has 0 radical (unpaired) electrons. The predicted molar refractivity (Wildman–Crippen MR) is 145 cm³/mol. The molecule has 0 fully saturated rings. The van der Waals surface area contributed by atoms with Crippen molar-refractivity contribution in [2.45, 2.75) is 118 Å². The summed E-state index contributed by atoms with van der Waals surface area (Å²) in [6.45, 7) is 16.2. The zero-order chi connectivity index (χ0) is 24.5. The zero-order valence-corrected chi connectivity index (χ0v) is 22.6. The lowest BCUT2D eigenvalue weighted by Crippen LogP contribution is -2.50. The van der Waals surface area contributed by atoms with E-state index in [1.165, 1.54) is 108 Å². The summed E-state index contributed by atoms with van der Waals surface area (Å²) < 4.78 is 1.38. The molecule has 2 N–H and O–H groups in total. The third-order valence-corrected chi connectivity index (χ3v) is 7.38. The summed E-state index contributed by atoms with van der Waals surface area (Å²) in [7, 11) is 0. The van der Waals surface area contributed by atoms with Gasteiger partial charge in [0.05, 0.1) is 26.2 Å². The van der Waals surface area contributed by atoms with Crippen LogP contribution in [0.2, 0.25) is 0 Å². The zero-order valence-electron chi connectivity index (χ0n) is 22.6. The molecule has 3 nitrogen and oxygen atoms in total. The summed E-state index contributed by atoms with van der Waals surface area (Å²) in [5.41, 5.74) is 2.23. The Bertz CT molecular complexity index is 659. The molecule has 0 saturated heterocycles. The first-order chi connectivity index (χ1) is 15.9. The van der Waals surface area contributed by atoms with Gasteiger partial charge in [-0.1, -0.05) is 71.4 Å². The van der Waals surface area contributed by atoms with Gasteiger partial charge in [0.1, 0.15) is 11.5 Å². The maximum atomic E-state index is 10.3. The molecular formula is C30H54NO2+. The minimum absolute atomic E-state index is 0.256. The molecule has 0 aliphatic carbocycles. The van der Waals surface area contributed by atoms with E-state index >= 15 is 0 Å². The van der Waals surface area contributed by atoms with Crippen molar-refractivity contribution in [1.82, 2.24) is 0 Å². The van der Waals surface area contributed by atoms with Gasteiger partial charge in [0.15, 0.2) is 0 Å². The van der Waals surface area contributed by atoms with Gasteiger partial charge < -0.3 is 14.7 Å². The van der Waals surface area contributed by atoms with Gasteiger partial charge in [-0.05, 0) is 76.0 Å². The Morgan fingerprint density at radius 2 is 1.15 bits per heavy atom. The van der Waals surface area contributed by atoms with E-state index in [4.69, 9.17) is 0 Å². The molecule has 0 atom stereocenters. The van der Waals surface area contributed by atoms with Crippen molar-refractivity contribution in [1.29, 1.82) is 0 Å². The average Bonchev–Trinajstić information content (AvgIpc) is 2.82. The van der Waals surface area contributed by atoms with E-state index in [9.17, 15) is 10.2 Å². The summed E-state index contributed by atoms with van der Waals surface area (Å²) in [4.78, 5) is 0. The fourth-order valence-electron chi connectivity index (χ4n) is 4.82. The largest absolute Gasteiger partial charge is 0.508 e. The topological polar surface area (TPSA) is 40.5 Å². The maximum absolute atomic E-state index is 10.3. The summed E-state index contributed by atoms with van der Waals surface area (Å²) in [6.07, 6.45) is 21.1. The number of aromatic hydroxyl groups is 2. The number of hydrogen-bond acceptors (Lipinski definition) is 2. The second kappa shape index (κ2) is 17.0. The van der Waals surface area contributed by atoms with Crippen LogP contribution in [-0.2, 0) is 0 Å². The molecule has 0 unspecified atom stereocenters. The van der Waals surface area contributed by atoms with Crippen LogP contribution < -0.4 is 0 Å². The van der Waals surface area contributed by atoms with Gasteiger partial charge >= 0.3 is 0 Å². The Kier molecular flexibility index (Phi) is 15.2. The minimum Gasteiger partial charge on any atom is -0.508 e. The number of allylic oxidation sites excluding steroid dienone is 1. The van der Waals surface area contributed by atoms with Crippen molar-refractivity contribution in [2.24, 2.45) is 0 Å². The molecule has 33 heavy (non-hydrogen) atoms. The van der Waals surface area contributed by atoms with Gasteiger partial charge in [0, 0.05) is 5.56 Å². The predicted octanol–water partition coefficient (Wildman–Crippen LogP) is 8.68. The van der Waals surface area contributed by atoms with Crippen molar-refractivity contribution in [3.8, 4) is 11.5 Å². The van der Waals surface area contributed by atoms with Crippen LogP contribution in [0.25, 0.3) is 6.08 Å². The average molecular weight is 461 g/mol. The lowest BCUT2D eigenvalue weighted by Gasteiger charge is -2.39. The maximum Gasteiger partial charge on any atom is 0.126 e. The number of unbranched alkanes of at least 4 members (excludes halogenated alkanes) is 9. The van der Waals surface area contributed by atoms with Gasteiger partial charge in [-0.3, -0.25) is 0 Å². The lowest BCUT2D eigenvalue weighted by atomic mass is 10.0. The van der Waals surface area contributed by atoms with Crippen LogP contribution in [0.4, 0.5) is 0 Å². The normalized spacial score (nSPS) is 12.2. The highest BCUT2D eigenvalue weighted by atomic mass is 16.3. The molecule has 0 heterocycles. The third kappa shape index (κ3) is 11.0. The van der Waals surface area contributed by atoms with Gasteiger partial charge in [0.25, 0.3) is 0 Å². The van der Waals surface area contributed by atoms with Gasteiger partial charge in [0.2, 0.25) is 0 Å². The van der Waals surface area contributed by atoms with E-state index in [0.717, 1.165) is 17.5 Å². The molecule has 0 spiro atoms. The Morgan fingerprint density at radius 1 is 0.667 bits per heavy atom. The highest BCUT2D eigenvalue weighted by Crippen LogP contribution is 2.32. The summed E-state index contributed by atoms with van der Waals surface area (Å²) >= 11 is 0. The Balaban J connectivity index is 2.32. The Morgan fingerprint density at radius 3 is 1.70 bits per heavy atom. The first kappa shape index (κ1) is 29.6. The van der Waals surface area contributed by atoms with E-state index in [1.54, 1.807) is 6.07 Å². The second-order valence-electron chi connectivity index (χ2n) is 10.2. The van der Waals surface area contributed by atoms with Gasteiger partial charge in [-0.25, -0.2) is 0 Å². The molecule has 1 aromatic carbocycles. The van der Waals surface area contributed by atoms with Crippen LogP contribution in [0, 0.1) is 13.8 Å². The molecular weight excluding hydrogens is 406 g/mol.